The lowest BCUT2D eigenvalue weighted by Crippen LogP contribution is -2.31. The average Bonchev–Trinajstić information content (AvgIpc) is 3.34. The van der Waals surface area contributed by atoms with E-state index in [1.54, 1.807) is 22.2 Å². The lowest BCUT2D eigenvalue weighted by atomic mass is 10.1. The first-order chi connectivity index (χ1) is 12.9. The Morgan fingerprint density at radius 1 is 1.19 bits per heavy atom. The van der Waals surface area contributed by atoms with Crippen LogP contribution in [0.3, 0.4) is 0 Å². The summed E-state index contributed by atoms with van der Waals surface area (Å²) in [5.41, 5.74) is 0.00810. The summed E-state index contributed by atoms with van der Waals surface area (Å²) in [4.78, 5) is 13.3. The first-order valence-corrected chi connectivity index (χ1v) is 9.27. The Labute approximate surface area is 158 Å². The second-order valence-corrected chi connectivity index (χ2v) is 7.00. The van der Waals surface area contributed by atoms with Crippen LogP contribution in [0.2, 0.25) is 0 Å². The van der Waals surface area contributed by atoms with E-state index in [1.165, 1.54) is 12.1 Å². The molecular weight excluding hydrogens is 375 g/mol. The number of hydrogen-bond donors (Lipinski definition) is 1. The van der Waals surface area contributed by atoms with Crippen molar-refractivity contribution in [2.45, 2.75) is 25.1 Å². The van der Waals surface area contributed by atoms with Gasteiger partial charge in [-0.05, 0) is 41.6 Å². The molecule has 1 atom stereocenters. The summed E-state index contributed by atoms with van der Waals surface area (Å²) >= 11 is 1.59. The molecule has 0 radical (unpaired) electrons. The van der Waals surface area contributed by atoms with Gasteiger partial charge in [0.2, 0.25) is 5.91 Å². The SMILES string of the molecule is O=C(CCc1ccc(C(F)(F)F)cc1)NCC(c1cccs1)n1cccn1. The van der Waals surface area contributed by atoms with Crippen LogP contribution in [-0.2, 0) is 17.4 Å². The maximum Gasteiger partial charge on any atom is 0.416 e. The van der Waals surface area contributed by atoms with Crippen LogP contribution in [0.4, 0.5) is 13.2 Å². The van der Waals surface area contributed by atoms with Gasteiger partial charge in [-0.25, -0.2) is 0 Å². The van der Waals surface area contributed by atoms with Crippen LogP contribution in [0, 0.1) is 0 Å². The van der Waals surface area contributed by atoms with E-state index in [-0.39, 0.29) is 18.4 Å². The van der Waals surface area contributed by atoms with Crippen molar-refractivity contribution in [3.05, 3.63) is 76.2 Å². The van der Waals surface area contributed by atoms with Gasteiger partial charge in [-0.3, -0.25) is 9.48 Å². The summed E-state index contributed by atoms with van der Waals surface area (Å²) in [5.74, 6) is -0.149. The fraction of sp³-hybridized carbons (Fsp3) is 0.263. The van der Waals surface area contributed by atoms with Gasteiger partial charge in [-0.15, -0.1) is 11.3 Å². The Hall–Kier alpha value is -2.61. The van der Waals surface area contributed by atoms with Gasteiger partial charge >= 0.3 is 6.18 Å². The van der Waals surface area contributed by atoms with E-state index in [2.05, 4.69) is 10.4 Å². The molecule has 1 unspecified atom stereocenters. The smallest absolute Gasteiger partial charge is 0.354 e. The molecule has 2 heterocycles. The molecule has 1 aromatic carbocycles. The molecule has 0 saturated heterocycles. The Kier molecular flexibility index (Phi) is 5.95. The lowest BCUT2D eigenvalue weighted by Gasteiger charge is -2.17. The molecule has 0 spiro atoms. The van der Waals surface area contributed by atoms with E-state index in [0.717, 1.165) is 17.0 Å². The fourth-order valence-electron chi connectivity index (χ4n) is 2.69. The van der Waals surface area contributed by atoms with Crippen molar-refractivity contribution in [1.29, 1.82) is 0 Å². The molecule has 0 bridgehead atoms. The highest BCUT2D eigenvalue weighted by Gasteiger charge is 2.29. The van der Waals surface area contributed by atoms with E-state index in [1.807, 2.05) is 29.8 Å². The topological polar surface area (TPSA) is 46.9 Å². The van der Waals surface area contributed by atoms with Crippen LogP contribution in [0.1, 0.15) is 28.5 Å². The van der Waals surface area contributed by atoms with Crippen LogP contribution >= 0.6 is 11.3 Å². The minimum absolute atomic E-state index is 0.0879. The minimum atomic E-state index is -4.35. The second-order valence-electron chi connectivity index (χ2n) is 6.02. The average molecular weight is 393 g/mol. The molecule has 3 rings (SSSR count). The number of thiophene rings is 1. The number of carbonyl (C=O) groups excluding carboxylic acids is 1. The highest BCUT2D eigenvalue weighted by Crippen LogP contribution is 2.29. The van der Waals surface area contributed by atoms with Crippen molar-refractivity contribution in [3.8, 4) is 0 Å². The number of benzene rings is 1. The van der Waals surface area contributed by atoms with E-state index >= 15 is 0 Å². The van der Waals surface area contributed by atoms with E-state index in [4.69, 9.17) is 0 Å². The predicted molar refractivity (Wildman–Crippen MR) is 97.5 cm³/mol. The van der Waals surface area contributed by atoms with Crippen molar-refractivity contribution in [2.24, 2.45) is 0 Å². The van der Waals surface area contributed by atoms with Crippen LogP contribution in [-0.4, -0.2) is 22.2 Å². The van der Waals surface area contributed by atoms with Crippen molar-refractivity contribution in [1.82, 2.24) is 15.1 Å². The molecule has 0 fully saturated rings. The van der Waals surface area contributed by atoms with Gasteiger partial charge < -0.3 is 5.32 Å². The van der Waals surface area contributed by atoms with Crippen molar-refractivity contribution in [3.63, 3.8) is 0 Å². The van der Waals surface area contributed by atoms with Crippen LogP contribution in [0.25, 0.3) is 0 Å². The van der Waals surface area contributed by atoms with E-state index in [9.17, 15) is 18.0 Å². The number of nitrogens with one attached hydrogen (secondary N) is 1. The first kappa shape index (κ1) is 19.2. The zero-order valence-electron chi connectivity index (χ0n) is 14.3. The number of amides is 1. The normalized spacial score (nSPS) is 12.7. The third-order valence-electron chi connectivity index (χ3n) is 4.13. The number of hydrogen-bond acceptors (Lipinski definition) is 3. The molecule has 3 aromatic rings. The van der Waals surface area contributed by atoms with Crippen LogP contribution in [0.5, 0.6) is 0 Å². The first-order valence-electron chi connectivity index (χ1n) is 8.39. The number of carbonyl (C=O) groups is 1. The number of aryl methyl sites for hydroxylation is 1. The molecule has 1 N–H and O–H groups in total. The number of halogens is 3. The molecule has 4 nitrogen and oxygen atoms in total. The summed E-state index contributed by atoms with van der Waals surface area (Å²) < 4.78 is 39.5. The Morgan fingerprint density at radius 2 is 1.96 bits per heavy atom. The zero-order valence-corrected chi connectivity index (χ0v) is 15.1. The monoisotopic (exact) mass is 393 g/mol. The number of alkyl halides is 3. The molecule has 0 aliphatic rings. The summed E-state index contributed by atoms with van der Waals surface area (Å²) in [6.07, 6.45) is -0.220. The fourth-order valence-corrected chi connectivity index (χ4v) is 3.51. The molecule has 1 amide bonds. The quantitative estimate of drug-likeness (QED) is 0.651. The number of aromatic nitrogens is 2. The highest BCUT2D eigenvalue weighted by molar-refractivity contribution is 7.10. The van der Waals surface area contributed by atoms with Crippen LogP contribution < -0.4 is 5.32 Å². The van der Waals surface area contributed by atoms with Crippen LogP contribution in [0.15, 0.2) is 60.2 Å². The van der Waals surface area contributed by atoms with Gasteiger partial charge in [-0.1, -0.05) is 18.2 Å². The molecular formula is C19H18F3N3OS. The molecule has 0 aliphatic heterocycles. The lowest BCUT2D eigenvalue weighted by molar-refractivity contribution is -0.137. The predicted octanol–water partition coefficient (Wildman–Crippen LogP) is 4.30. The minimum Gasteiger partial charge on any atom is -0.354 e. The molecule has 0 aliphatic carbocycles. The van der Waals surface area contributed by atoms with Gasteiger partial charge in [0, 0.05) is 30.2 Å². The molecule has 2 aromatic heterocycles. The Balaban J connectivity index is 1.53. The van der Waals surface area contributed by atoms with Gasteiger partial charge in [-0.2, -0.15) is 18.3 Å². The summed E-state index contributed by atoms with van der Waals surface area (Å²) in [7, 11) is 0. The second kappa shape index (κ2) is 8.39. The maximum atomic E-state index is 12.6. The molecule has 142 valence electrons. The highest BCUT2D eigenvalue weighted by atomic mass is 32.1. The third-order valence-corrected chi connectivity index (χ3v) is 5.10. The van der Waals surface area contributed by atoms with E-state index < -0.39 is 11.7 Å². The van der Waals surface area contributed by atoms with Gasteiger partial charge in [0.15, 0.2) is 0 Å². The summed E-state index contributed by atoms with van der Waals surface area (Å²) in [6, 6.07) is 10.6. The van der Waals surface area contributed by atoms with Gasteiger partial charge in [0.1, 0.15) is 6.04 Å². The molecule has 0 saturated carbocycles. The standard InChI is InChI=1S/C19H18F3N3OS/c20-19(21,22)15-7-4-14(5-8-15)6-9-18(26)23-13-16(17-3-1-12-27-17)25-11-2-10-24-25/h1-5,7-8,10-12,16H,6,9,13H2,(H,23,26). The zero-order chi connectivity index (χ0) is 19.3. The Morgan fingerprint density at radius 3 is 2.56 bits per heavy atom. The van der Waals surface area contributed by atoms with Gasteiger partial charge in [0.05, 0.1) is 5.56 Å². The number of rotatable bonds is 7. The van der Waals surface area contributed by atoms with Gasteiger partial charge in [0.25, 0.3) is 0 Å². The largest absolute Gasteiger partial charge is 0.416 e. The third kappa shape index (κ3) is 5.19. The van der Waals surface area contributed by atoms with Crippen molar-refractivity contribution < 1.29 is 18.0 Å². The van der Waals surface area contributed by atoms with E-state index in [0.29, 0.717) is 18.5 Å². The Bertz CT molecular complexity index is 809. The summed E-state index contributed by atoms with van der Waals surface area (Å²) in [5, 5.41) is 9.11. The van der Waals surface area contributed by atoms with Crippen molar-refractivity contribution >= 4 is 17.2 Å². The molecule has 27 heavy (non-hydrogen) atoms. The molecule has 8 heteroatoms. The van der Waals surface area contributed by atoms with Crippen molar-refractivity contribution in [2.75, 3.05) is 6.54 Å². The number of nitrogens with zero attached hydrogens (tertiary/aromatic N) is 2. The maximum absolute atomic E-state index is 12.6. The summed E-state index contributed by atoms with van der Waals surface area (Å²) in [6.45, 7) is 0.397.